The van der Waals surface area contributed by atoms with Gasteiger partial charge < -0.3 is 34.7 Å². The summed E-state index contributed by atoms with van der Waals surface area (Å²) >= 11 is 1.13. The molecule has 3 rings (SSSR count). The number of esters is 3. The third-order valence-electron chi connectivity index (χ3n) is 4.84. The summed E-state index contributed by atoms with van der Waals surface area (Å²) in [6, 6.07) is -0.0291. The Balaban J connectivity index is 2.07. The first-order valence-corrected chi connectivity index (χ1v) is 11.2. The van der Waals surface area contributed by atoms with E-state index in [1.54, 1.807) is 5.38 Å². The number of aromatic nitrogens is 3. The minimum Gasteiger partial charge on any atom is -0.468 e. The number of hydrogen-bond donors (Lipinski definition) is 2. The lowest BCUT2D eigenvalue weighted by molar-refractivity contribution is -0.221. The van der Waals surface area contributed by atoms with Crippen LogP contribution in [0.3, 0.4) is 0 Å². The number of ether oxygens (including phenoxy) is 5. The molecule has 1 aliphatic rings. The molecule has 0 saturated carbocycles. The van der Waals surface area contributed by atoms with Crippen molar-refractivity contribution < 1.29 is 38.1 Å². The number of rotatable bonds is 7. The van der Waals surface area contributed by atoms with E-state index in [-0.39, 0.29) is 34.8 Å². The van der Waals surface area contributed by atoms with Crippen molar-refractivity contribution in [1.29, 1.82) is 0 Å². The smallest absolute Gasteiger partial charge is 0.303 e. The number of methoxy groups -OCH3 is 1. The molecule has 0 radical (unpaired) electrons. The molecule has 35 heavy (non-hydrogen) atoms. The predicted molar refractivity (Wildman–Crippen MR) is 122 cm³/mol. The molecule has 3 N–H and O–H groups in total. The van der Waals surface area contributed by atoms with Crippen LogP contribution in [0.4, 0.5) is 10.9 Å². The Morgan fingerprint density at radius 1 is 1.11 bits per heavy atom. The van der Waals surface area contributed by atoms with Gasteiger partial charge in [-0.15, -0.1) is 11.3 Å². The number of nitrogens with zero attached hydrogens (tertiary/aromatic N) is 3. The molecule has 0 amide bonds. The first-order valence-electron chi connectivity index (χ1n) is 10.3. The molecule has 0 aliphatic carbocycles. The van der Waals surface area contributed by atoms with Crippen LogP contribution in [0.5, 0.6) is 6.01 Å². The topological polar surface area (TPSA) is 183 Å². The van der Waals surface area contributed by atoms with Crippen molar-refractivity contribution in [3.8, 4) is 17.3 Å². The second kappa shape index (κ2) is 10.7. The molecule has 4 unspecified atom stereocenters. The average molecular weight is 512 g/mol. The van der Waals surface area contributed by atoms with Gasteiger partial charge in [0.15, 0.2) is 29.7 Å². The van der Waals surface area contributed by atoms with Crippen molar-refractivity contribution in [3.05, 3.63) is 15.7 Å². The number of hydrogen-bond acceptors (Lipinski definition) is 14. The van der Waals surface area contributed by atoms with Gasteiger partial charge in [0.2, 0.25) is 0 Å². The lowest BCUT2D eigenvalue weighted by atomic mass is 10.0. The minimum atomic E-state index is -1.28. The summed E-state index contributed by atoms with van der Waals surface area (Å²) in [6.07, 6.45) is -4.71. The van der Waals surface area contributed by atoms with E-state index >= 15 is 0 Å². The highest BCUT2D eigenvalue weighted by Crippen LogP contribution is 2.31. The van der Waals surface area contributed by atoms with Crippen LogP contribution >= 0.6 is 11.3 Å². The van der Waals surface area contributed by atoms with Gasteiger partial charge in [0.1, 0.15) is 11.4 Å². The number of carbonyl (C=O) groups excluding carboxylic acids is 3. The molecular formula is C20H25N5O9S. The summed E-state index contributed by atoms with van der Waals surface area (Å²) in [7, 11) is 2.81. The largest absolute Gasteiger partial charge is 0.468 e. The fraction of sp³-hybridized carbons (Fsp3) is 0.500. The monoisotopic (exact) mass is 511 g/mol. The molecule has 0 spiro atoms. The Hall–Kier alpha value is -3.72. The summed E-state index contributed by atoms with van der Waals surface area (Å²) < 4.78 is 28.1. The van der Waals surface area contributed by atoms with Crippen LogP contribution in [0.25, 0.3) is 11.3 Å². The second-order valence-corrected chi connectivity index (χ2v) is 8.34. The summed E-state index contributed by atoms with van der Waals surface area (Å²) in [5.74, 6) is -2.07. The fourth-order valence-electron chi connectivity index (χ4n) is 3.50. The molecule has 1 fully saturated rings. The highest BCUT2D eigenvalue weighted by Gasteiger charge is 2.47. The Morgan fingerprint density at radius 2 is 1.74 bits per heavy atom. The Bertz CT molecular complexity index is 1180. The SMILES string of the molecule is COc1nc(NC2OCC(OC(C)=O)C(OC(C)=O)C2OC(C)=O)c(-c2csc(N)n2)c(=O)n1C. The average Bonchev–Trinajstić information content (AvgIpc) is 3.19. The van der Waals surface area contributed by atoms with Gasteiger partial charge in [0.25, 0.3) is 5.56 Å². The zero-order valence-corrected chi connectivity index (χ0v) is 20.4. The van der Waals surface area contributed by atoms with Gasteiger partial charge in [-0.1, -0.05) is 0 Å². The van der Waals surface area contributed by atoms with Gasteiger partial charge >= 0.3 is 23.9 Å². The molecule has 0 bridgehead atoms. The maximum atomic E-state index is 13.1. The molecule has 1 saturated heterocycles. The zero-order valence-electron chi connectivity index (χ0n) is 19.6. The Kier molecular flexibility index (Phi) is 7.91. The molecule has 15 heteroatoms. The summed E-state index contributed by atoms with van der Waals surface area (Å²) in [4.78, 5) is 56.9. The van der Waals surface area contributed by atoms with Crippen LogP contribution in [0, 0.1) is 0 Å². The van der Waals surface area contributed by atoms with Crippen molar-refractivity contribution in [3.63, 3.8) is 0 Å². The van der Waals surface area contributed by atoms with Crippen molar-refractivity contribution in [2.75, 3.05) is 24.8 Å². The Labute approximate surface area is 203 Å². The molecule has 2 aromatic heterocycles. The van der Waals surface area contributed by atoms with Crippen LogP contribution in [0.2, 0.25) is 0 Å². The lowest BCUT2D eigenvalue weighted by Crippen LogP contribution is -2.59. The third-order valence-corrected chi connectivity index (χ3v) is 5.51. The molecular weight excluding hydrogens is 486 g/mol. The van der Waals surface area contributed by atoms with Crippen LogP contribution in [0.15, 0.2) is 10.2 Å². The van der Waals surface area contributed by atoms with E-state index in [1.807, 2.05) is 0 Å². The van der Waals surface area contributed by atoms with E-state index in [1.165, 1.54) is 25.6 Å². The van der Waals surface area contributed by atoms with Crippen LogP contribution in [-0.2, 0) is 40.4 Å². The maximum absolute atomic E-state index is 13.1. The van der Waals surface area contributed by atoms with Gasteiger partial charge in [-0.2, -0.15) is 4.98 Å². The molecule has 190 valence electrons. The van der Waals surface area contributed by atoms with Crippen LogP contribution < -0.4 is 21.3 Å². The van der Waals surface area contributed by atoms with E-state index in [9.17, 15) is 19.2 Å². The first-order chi connectivity index (χ1) is 16.5. The third kappa shape index (κ3) is 5.86. The number of nitrogens with one attached hydrogen (secondary N) is 1. The molecule has 4 atom stereocenters. The molecule has 1 aliphatic heterocycles. The number of carbonyl (C=O) groups is 3. The predicted octanol–water partition coefficient (Wildman–Crippen LogP) is 0.0579. The van der Waals surface area contributed by atoms with Gasteiger partial charge in [-0.05, 0) is 0 Å². The van der Waals surface area contributed by atoms with E-state index in [0.717, 1.165) is 25.2 Å². The van der Waals surface area contributed by atoms with E-state index < -0.39 is 48.0 Å². The van der Waals surface area contributed by atoms with Gasteiger partial charge in [0, 0.05) is 33.2 Å². The highest BCUT2D eigenvalue weighted by molar-refractivity contribution is 7.13. The second-order valence-electron chi connectivity index (χ2n) is 7.45. The summed E-state index contributed by atoms with van der Waals surface area (Å²) in [5.41, 5.74) is 5.55. The quantitative estimate of drug-likeness (QED) is 0.376. The van der Waals surface area contributed by atoms with Crippen molar-refractivity contribution >= 4 is 40.2 Å². The molecule has 2 aromatic rings. The molecule has 0 aromatic carbocycles. The molecule has 14 nitrogen and oxygen atoms in total. The standard InChI is InChI=1S/C20H25N5O9S/c1-8(26)32-12-6-31-17(15(34-10(3)28)14(12)33-9(2)27)23-16-13(11-7-35-19(21)22-11)18(29)25(4)20(24-16)30-5/h7,12,14-15,17,23H,6H2,1-5H3,(H2,21,22). The van der Waals surface area contributed by atoms with Crippen molar-refractivity contribution in [2.45, 2.75) is 45.3 Å². The lowest BCUT2D eigenvalue weighted by Gasteiger charge is -2.40. The van der Waals surface area contributed by atoms with Crippen LogP contribution in [0.1, 0.15) is 20.8 Å². The van der Waals surface area contributed by atoms with Gasteiger partial charge in [-0.25, -0.2) is 4.98 Å². The molecule has 3 heterocycles. The maximum Gasteiger partial charge on any atom is 0.303 e. The van der Waals surface area contributed by atoms with Crippen molar-refractivity contribution in [1.82, 2.24) is 14.5 Å². The number of anilines is 2. The number of nitrogens with two attached hydrogens (primary N) is 1. The van der Waals surface area contributed by atoms with Crippen molar-refractivity contribution in [2.24, 2.45) is 7.05 Å². The zero-order chi connectivity index (χ0) is 25.9. The van der Waals surface area contributed by atoms with E-state index in [4.69, 9.17) is 29.4 Å². The van der Waals surface area contributed by atoms with Gasteiger partial charge in [-0.3, -0.25) is 23.7 Å². The van der Waals surface area contributed by atoms with Crippen LogP contribution in [-0.4, -0.2) is 70.7 Å². The number of thiazole rings is 1. The van der Waals surface area contributed by atoms with E-state index in [2.05, 4.69) is 15.3 Å². The normalized spacial score (nSPS) is 21.6. The number of nitrogen functional groups attached to an aromatic ring is 1. The summed E-state index contributed by atoms with van der Waals surface area (Å²) in [5, 5.41) is 4.73. The fourth-order valence-corrected chi connectivity index (χ4v) is 4.06. The highest BCUT2D eigenvalue weighted by atomic mass is 32.1. The Morgan fingerprint density at radius 3 is 2.29 bits per heavy atom. The van der Waals surface area contributed by atoms with Gasteiger partial charge in [0.05, 0.1) is 19.4 Å². The first kappa shape index (κ1) is 25.9. The summed E-state index contributed by atoms with van der Waals surface area (Å²) in [6.45, 7) is 3.28. The minimum absolute atomic E-state index is 0.00934. The van der Waals surface area contributed by atoms with E-state index in [0.29, 0.717) is 0 Å².